The summed E-state index contributed by atoms with van der Waals surface area (Å²) in [6.07, 6.45) is 5.12. The first-order valence-electron chi connectivity index (χ1n) is 14.2. The van der Waals surface area contributed by atoms with E-state index < -0.39 is 29.6 Å². The van der Waals surface area contributed by atoms with Gasteiger partial charge in [-0.3, -0.25) is 4.79 Å². The molecule has 1 amide bonds. The van der Waals surface area contributed by atoms with Gasteiger partial charge in [-0.25, -0.2) is 18.6 Å². The highest BCUT2D eigenvalue weighted by Gasteiger charge is 2.26. The van der Waals surface area contributed by atoms with Crippen molar-refractivity contribution in [2.45, 2.75) is 64.3 Å². The van der Waals surface area contributed by atoms with Gasteiger partial charge >= 0.3 is 5.97 Å². The highest BCUT2D eigenvalue weighted by molar-refractivity contribution is 5.99. The maximum absolute atomic E-state index is 13.8. The molecule has 42 heavy (non-hydrogen) atoms. The first-order valence-corrected chi connectivity index (χ1v) is 14.2. The fourth-order valence-electron chi connectivity index (χ4n) is 5.46. The molecule has 0 radical (unpaired) electrons. The first kappa shape index (κ1) is 29.2. The number of nitrogens with zero attached hydrogens (tertiary/aromatic N) is 1. The van der Waals surface area contributed by atoms with Crippen molar-refractivity contribution in [3.8, 4) is 11.5 Å². The van der Waals surface area contributed by atoms with Crippen molar-refractivity contribution in [1.82, 2.24) is 10.3 Å². The quantitative estimate of drug-likeness (QED) is 0.224. The van der Waals surface area contributed by atoms with Crippen LogP contribution in [0.25, 0.3) is 10.8 Å². The Hall–Kier alpha value is -4.33. The molecule has 0 saturated heterocycles. The number of amides is 1. The summed E-state index contributed by atoms with van der Waals surface area (Å²) in [6, 6.07) is 16.4. The number of carbonyl (C=O) groups is 2. The van der Waals surface area contributed by atoms with Gasteiger partial charge in [0.05, 0.1) is 0 Å². The Morgan fingerprint density at radius 3 is 2.29 bits per heavy atom. The van der Waals surface area contributed by atoms with Gasteiger partial charge in [0, 0.05) is 11.1 Å². The molecule has 218 valence electrons. The second-order valence-corrected chi connectivity index (χ2v) is 12.0. The molecule has 1 saturated carbocycles. The molecule has 2 N–H and O–H groups in total. The number of carboxylic acids is 1. The van der Waals surface area contributed by atoms with Crippen LogP contribution in [0, 0.1) is 17.6 Å². The number of hydrogen-bond donors (Lipinski definition) is 2. The van der Waals surface area contributed by atoms with Gasteiger partial charge in [0.2, 0.25) is 0 Å². The highest BCUT2D eigenvalue weighted by atomic mass is 19.2. The van der Waals surface area contributed by atoms with Crippen LogP contribution in [-0.4, -0.2) is 22.0 Å². The zero-order valence-corrected chi connectivity index (χ0v) is 23.9. The van der Waals surface area contributed by atoms with Gasteiger partial charge in [-0.1, -0.05) is 70.7 Å². The van der Waals surface area contributed by atoms with E-state index in [1.165, 1.54) is 5.56 Å². The van der Waals surface area contributed by atoms with Crippen molar-refractivity contribution < 1.29 is 28.2 Å². The maximum atomic E-state index is 13.8. The topological polar surface area (TPSA) is 88.5 Å². The van der Waals surface area contributed by atoms with Crippen LogP contribution in [-0.2, 0) is 16.6 Å². The average molecular weight is 573 g/mol. The lowest BCUT2D eigenvalue weighted by molar-refractivity contribution is -0.139. The van der Waals surface area contributed by atoms with Crippen molar-refractivity contribution in [2.24, 2.45) is 5.92 Å². The third kappa shape index (κ3) is 6.59. The normalized spacial score (nSPS) is 14.6. The van der Waals surface area contributed by atoms with Gasteiger partial charge in [-0.05, 0) is 76.7 Å². The summed E-state index contributed by atoms with van der Waals surface area (Å²) in [5.41, 5.74) is 1.94. The molecule has 4 aromatic rings. The van der Waals surface area contributed by atoms with E-state index in [2.05, 4.69) is 38.2 Å². The molecule has 0 aliphatic heterocycles. The van der Waals surface area contributed by atoms with Crippen molar-refractivity contribution in [3.63, 3.8) is 0 Å². The molecule has 1 aromatic heterocycles. The lowest BCUT2D eigenvalue weighted by Crippen LogP contribution is -2.34. The Morgan fingerprint density at radius 2 is 1.64 bits per heavy atom. The van der Waals surface area contributed by atoms with Crippen molar-refractivity contribution in [1.29, 1.82) is 0 Å². The van der Waals surface area contributed by atoms with Gasteiger partial charge in [-0.15, -0.1) is 0 Å². The van der Waals surface area contributed by atoms with E-state index in [1.807, 2.05) is 30.3 Å². The van der Waals surface area contributed by atoms with Crippen LogP contribution >= 0.6 is 0 Å². The number of ether oxygens (including phenoxy) is 1. The maximum Gasteiger partial charge on any atom is 0.330 e. The summed E-state index contributed by atoms with van der Waals surface area (Å²) >= 11 is 0. The van der Waals surface area contributed by atoms with E-state index in [0.29, 0.717) is 23.8 Å². The lowest BCUT2D eigenvalue weighted by atomic mass is 9.87. The number of carbonyl (C=O) groups excluding carboxylic acids is 1. The summed E-state index contributed by atoms with van der Waals surface area (Å²) in [4.78, 5) is 30.0. The molecular weight excluding hydrogens is 538 g/mol. The van der Waals surface area contributed by atoms with Crippen molar-refractivity contribution >= 4 is 22.6 Å². The minimum absolute atomic E-state index is 0.0337. The van der Waals surface area contributed by atoms with Crippen molar-refractivity contribution in [2.75, 3.05) is 0 Å². The molecule has 0 unspecified atom stereocenters. The lowest BCUT2D eigenvalue weighted by Gasteiger charge is -2.19. The van der Waals surface area contributed by atoms with Crippen LogP contribution in [0.15, 0.2) is 66.7 Å². The summed E-state index contributed by atoms with van der Waals surface area (Å²) in [5.74, 6) is -2.64. The van der Waals surface area contributed by atoms with Crippen LogP contribution < -0.4 is 10.1 Å². The van der Waals surface area contributed by atoms with E-state index in [1.54, 1.807) is 6.07 Å². The third-order valence-corrected chi connectivity index (χ3v) is 7.83. The second-order valence-electron chi connectivity index (χ2n) is 12.0. The molecule has 1 fully saturated rings. The number of rotatable bonds is 8. The number of carboxylic acid groups (broad SMARTS) is 1. The molecule has 1 aliphatic carbocycles. The van der Waals surface area contributed by atoms with Crippen LogP contribution in [0.4, 0.5) is 8.78 Å². The summed E-state index contributed by atoms with van der Waals surface area (Å²) in [6.45, 7) is 6.47. The summed E-state index contributed by atoms with van der Waals surface area (Å²) in [5, 5.41) is 13.8. The molecule has 1 heterocycles. The predicted molar refractivity (Wildman–Crippen MR) is 157 cm³/mol. The van der Waals surface area contributed by atoms with Crippen LogP contribution in [0.1, 0.15) is 79.8 Å². The number of fused-ring (bicyclic) bond motifs is 1. The van der Waals surface area contributed by atoms with E-state index in [0.717, 1.165) is 60.3 Å². The molecule has 1 atom stereocenters. The fourth-order valence-corrected chi connectivity index (χ4v) is 5.46. The number of pyridine rings is 1. The van der Waals surface area contributed by atoms with E-state index in [-0.39, 0.29) is 16.7 Å². The molecule has 1 aliphatic rings. The highest BCUT2D eigenvalue weighted by Crippen LogP contribution is 2.33. The number of halogens is 2. The van der Waals surface area contributed by atoms with Crippen LogP contribution in [0.3, 0.4) is 0 Å². The monoisotopic (exact) mass is 572 g/mol. The number of hydrogen-bond acceptors (Lipinski definition) is 4. The van der Waals surface area contributed by atoms with Crippen molar-refractivity contribution in [3.05, 3.63) is 101 Å². The number of nitrogens with one attached hydrogen (secondary N) is 1. The van der Waals surface area contributed by atoms with Gasteiger partial charge in [-0.2, -0.15) is 0 Å². The zero-order valence-electron chi connectivity index (χ0n) is 23.9. The molecular formula is C34H34F2N2O4. The van der Waals surface area contributed by atoms with E-state index >= 15 is 0 Å². The molecule has 8 heteroatoms. The number of benzene rings is 3. The zero-order chi connectivity index (χ0) is 30.0. The Kier molecular flexibility index (Phi) is 8.25. The molecule has 0 bridgehead atoms. The summed E-state index contributed by atoms with van der Waals surface area (Å²) < 4.78 is 33.4. The molecule has 5 rings (SSSR count). The Bertz CT molecular complexity index is 1620. The second kappa shape index (κ2) is 11.9. The SMILES string of the molecule is CC(C)(C)c1ccc(Oc2ccc3cc(C(=O)N[C@H](C(=O)O)c4ccc(F)c(F)c4)nc(CC4CCCC4)c3c2)cc1. The Labute approximate surface area is 243 Å². The van der Waals surface area contributed by atoms with E-state index in [9.17, 15) is 23.5 Å². The van der Waals surface area contributed by atoms with Gasteiger partial charge in [0.1, 0.15) is 17.2 Å². The Morgan fingerprint density at radius 1 is 0.952 bits per heavy atom. The van der Waals surface area contributed by atoms with Gasteiger partial charge in [0.15, 0.2) is 17.7 Å². The largest absolute Gasteiger partial charge is 0.479 e. The van der Waals surface area contributed by atoms with Gasteiger partial charge in [0.25, 0.3) is 5.91 Å². The Balaban J connectivity index is 1.46. The van der Waals surface area contributed by atoms with Crippen LogP contribution in [0.5, 0.6) is 11.5 Å². The number of aromatic nitrogens is 1. The molecule has 0 spiro atoms. The van der Waals surface area contributed by atoms with Crippen LogP contribution in [0.2, 0.25) is 0 Å². The molecule has 6 nitrogen and oxygen atoms in total. The minimum atomic E-state index is -1.58. The minimum Gasteiger partial charge on any atom is -0.479 e. The number of aliphatic carboxylic acids is 1. The van der Waals surface area contributed by atoms with E-state index in [4.69, 9.17) is 9.72 Å². The third-order valence-electron chi connectivity index (χ3n) is 7.83. The standard InChI is InChI=1S/C34H34F2N2O4/c1-34(2,3)23-10-13-24(14-11-23)42-25-12-8-21-18-30(37-29(26(21)19-25)16-20-6-4-5-7-20)32(39)38-31(33(40)41)22-9-15-27(35)28(36)17-22/h8-15,17-20,31H,4-7,16H2,1-3H3,(H,38,39)(H,40,41)/t31-/m0/s1. The fraction of sp³-hybridized carbons (Fsp3) is 0.324. The summed E-state index contributed by atoms with van der Waals surface area (Å²) in [7, 11) is 0. The first-order chi connectivity index (χ1) is 20.0. The van der Waals surface area contributed by atoms with Gasteiger partial charge < -0.3 is 15.2 Å². The predicted octanol–water partition coefficient (Wildman–Crippen LogP) is 7.89. The molecule has 3 aromatic carbocycles. The smallest absolute Gasteiger partial charge is 0.330 e. The average Bonchev–Trinajstić information content (AvgIpc) is 3.46.